The minimum Gasteiger partial charge on any atom is -0.477 e. The normalized spacial score (nSPS) is 19.0. The summed E-state index contributed by atoms with van der Waals surface area (Å²) >= 11 is 0. The van der Waals surface area contributed by atoms with E-state index in [9.17, 15) is 0 Å². The summed E-state index contributed by atoms with van der Waals surface area (Å²) in [6.45, 7) is 6.08. The van der Waals surface area contributed by atoms with Crippen LogP contribution in [-0.2, 0) is 6.42 Å². The minimum absolute atomic E-state index is 0.658. The van der Waals surface area contributed by atoms with Crippen LogP contribution in [0.3, 0.4) is 0 Å². The zero-order valence-electron chi connectivity index (χ0n) is 13.8. The Labute approximate surface area is 128 Å². The lowest BCUT2D eigenvalue weighted by Crippen LogP contribution is -2.26. The highest BCUT2D eigenvalue weighted by Gasteiger charge is 2.20. The molecule has 5 heteroatoms. The van der Waals surface area contributed by atoms with Crippen LogP contribution in [0.25, 0.3) is 0 Å². The number of aromatic nitrogens is 2. The van der Waals surface area contributed by atoms with Crippen molar-refractivity contribution in [2.24, 2.45) is 0 Å². The summed E-state index contributed by atoms with van der Waals surface area (Å²) in [6.07, 6.45) is 5.58. The highest BCUT2D eigenvalue weighted by atomic mass is 16.5. The Bertz CT molecular complexity index is 464. The topological polar surface area (TPSA) is 50.3 Å². The fourth-order valence-corrected chi connectivity index (χ4v) is 2.90. The smallest absolute Gasteiger partial charge is 0.221 e. The molecular weight excluding hydrogens is 264 g/mol. The van der Waals surface area contributed by atoms with Gasteiger partial charge in [0.2, 0.25) is 5.88 Å². The van der Waals surface area contributed by atoms with E-state index in [1.807, 2.05) is 14.0 Å². The van der Waals surface area contributed by atoms with Crippen LogP contribution in [0.5, 0.6) is 5.88 Å². The van der Waals surface area contributed by atoms with Gasteiger partial charge in [0, 0.05) is 19.5 Å². The van der Waals surface area contributed by atoms with Gasteiger partial charge < -0.3 is 15.0 Å². The molecule has 21 heavy (non-hydrogen) atoms. The van der Waals surface area contributed by atoms with Crippen molar-refractivity contribution in [1.29, 1.82) is 0 Å². The molecule has 2 rings (SSSR count). The molecule has 5 nitrogen and oxygen atoms in total. The number of hydrogen-bond acceptors (Lipinski definition) is 5. The number of aryl methyl sites for hydroxylation is 1. The third-order valence-electron chi connectivity index (χ3n) is 4.22. The molecule has 0 saturated carbocycles. The summed E-state index contributed by atoms with van der Waals surface area (Å²) in [5.74, 6) is 2.47. The average molecular weight is 292 g/mol. The molecule has 2 heterocycles. The van der Waals surface area contributed by atoms with Gasteiger partial charge in [-0.1, -0.05) is 6.92 Å². The van der Waals surface area contributed by atoms with Gasteiger partial charge in [-0.15, -0.1) is 0 Å². The van der Waals surface area contributed by atoms with Gasteiger partial charge in [-0.05, 0) is 46.2 Å². The Morgan fingerprint density at radius 3 is 2.81 bits per heavy atom. The average Bonchev–Trinajstić information content (AvgIpc) is 2.88. The van der Waals surface area contributed by atoms with Crippen LogP contribution in [0, 0.1) is 6.92 Å². The molecule has 1 atom stereocenters. The fourth-order valence-electron chi connectivity index (χ4n) is 2.90. The number of nitrogens with one attached hydrogen (secondary N) is 1. The third-order valence-corrected chi connectivity index (χ3v) is 4.22. The van der Waals surface area contributed by atoms with E-state index in [4.69, 9.17) is 4.74 Å². The summed E-state index contributed by atoms with van der Waals surface area (Å²) in [7, 11) is 4.09. The molecule has 1 saturated heterocycles. The van der Waals surface area contributed by atoms with Gasteiger partial charge in [-0.3, -0.25) is 0 Å². The molecule has 0 aliphatic carbocycles. The Hall–Kier alpha value is -1.36. The van der Waals surface area contributed by atoms with Crippen LogP contribution in [0.15, 0.2) is 0 Å². The third kappa shape index (κ3) is 4.06. The molecular formula is C16H28N4O. The molecule has 118 valence electrons. The molecule has 1 aromatic rings. The SMILES string of the molecule is CCCc1nc(NC)c(C)c(OCCC2CCCN2C)n1. The molecule has 0 radical (unpaired) electrons. The lowest BCUT2D eigenvalue weighted by molar-refractivity contribution is 0.227. The standard InChI is InChI=1S/C16H28N4O/c1-5-7-14-18-15(17-3)12(2)16(19-14)21-11-9-13-8-6-10-20(13)4/h13H,5-11H2,1-4H3,(H,17,18,19). The quantitative estimate of drug-likeness (QED) is 0.837. The number of likely N-dealkylation sites (tertiary alicyclic amines) is 1. The van der Waals surface area contributed by atoms with Crippen LogP contribution in [0.2, 0.25) is 0 Å². The summed E-state index contributed by atoms with van der Waals surface area (Å²) in [5, 5.41) is 3.13. The molecule has 1 N–H and O–H groups in total. The predicted octanol–water partition coefficient (Wildman–Crippen LogP) is 2.64. The molecule has 1 aliphatic rings. The maximum absolute atomic E-state index is 5.96. The van der Waals surface area contributed by atoms with E-state index in [1.165, 1.54) is 19.4 Å². The van der Waals surface area contributed by atoms with E-state index in [0.29, 0.717) is 6.04 Å². The van der Waals surface area contributed by atoms with E-state index < -0.39 is 0 Å². The summed E-state index contributed by atoms with van der Waals surface area (Å²) < 4.78 is 5.96. The van der Waals surface area contributed by atoms with Gasteiger partial charge in [0.25, 0.3) is 0 Å². The Kier molecular flexibility index (Phi) is 5.79. The lowest BCUT2D eigenvalue weighted by Gasteiger charge is -2.19. The van der Waals surface area contributed by atoms with Crippen LogP contribution in [0.4, 0.5) is 5.82 Å². The van der Waals surface area contributed by atoms with Crippen molar-refractivity contribution in [2.75, 3.05) is 32.6 Å². The van der Waals surface area contributed by atoms with Crippen molar-refractivity contribution in [3.63, 3.8) is 0 Å². The maximum atomic E-state index is 5.96. The first-order valence-corrected chi connectivity index (χ1v) is 8.04. The fraction of sp³-hybridized carbons (Fsp3) is 0.750. The van der Waals surface area contributed by atoms with Crippen molar-refractivity contribution in [2.45, 2.75) is 52.0 Å². The van der Waals surface area contributed by atoms with Gasteiger partial charge >= 0.3 is 0 Å². The first kappa shape index (κ1) is 16.0. The minimum atomic E-state index is 0.658. The van der Waals surface area contributed by atoms with Crippen molar-refractivity contribution in [1.82, 2.24) is 14.9 Å². The molecule has 1 unspecified atom stereocenters. The summed E-state index contributed by atoms with van der Waals surface area (Å²) in [6, 6.07) is 0.658. The maximum Gasteiger partial charge on any atom is 0.221 e. The molecule has 0 aromatic carbocycles. The number of ether oxygens (including phenoxy) is 1. The number of nitrogens with zero attached hydrogens (tertiary/aromatic N) is 3. The van der Waals surface area contributed by atoms with Crippen LogP contribution >= 0.6 is 0 Å². The van der Waals surface area contributed by atoms with E-state index >= 15 is 0 Å². The molecule has 0 bridgehead atoms. The van der Waals surface area contributed by atoms with E-state index in [-0.39, 0.29) is 0 Å². The van der Waals surface area contributed by atoms with E-state index in [0.717, 1.165) is 49.0 Å². The second-order valence-corrected chi connectivity index (χ2v) is 5.83. The highest BCUT2D eigenvalue weighted by Crippen LogP contribution is 2.23. The molecule has 1 aromatic heterocycles. The second kappa shape index (κ2) is 7.59. The van der Waals surface area contributed by atoms with Crippen LogP contribution in [0.1, 0.15) is 44.0 Å². The van der Waals surface area contributed by atoms with Crippen molar-refractivity contribution in [3.05, 3.63) is 11.4 Å². The first-order chi connectivity index (χ1) is 10.2. The Morgan fingerprint density at radius 2 is 2.19 bits per heavy atom. The van der Waals surface area contributed by atoms with E-state index in [1.54, 1.807) is 0 Å². The second-order valence-electron chi connectivity index (χ2n) is 5.83. The van der Waals surface area contributed by atoms with Crippen LogP contribution in [-0.4, -0.2) is 48.2 Å². The van der Waals surface area contributed by atoms with Gasteiger partial charge in [-0.2, -0.15) is 4.98 Å². The van der Waals surface area contributed by atoms with Gasteiger partial charge in [0.1, 0.15) is 11.6 Å². The van der Waals surface area contributed by atoms with Gasteiger partial charge in [-0.25, -0.2) is 4.98 Å². The largest absolute Gasteiger partial charge is 0.477 e. The molecule has 1 aliphatic heterocycles. The predicted molar refractivity (Wildman–Crippen MR) is 86.1 cm³/mol. The number of hydrogen-bond donors (Lipinski definition) is 1. The monoisotopic (exact) mass is 292 g/mol. The molecule has 0 amide bonds. The molecule has 0 spiro atoms. The number of anilines is 1. The summed E-state index contributed by atoms with van der Waals surface area (Å²) in [4.78, 5) is 11.5. The highest BCUT2D eigenvalue weighted by molar-refractivity contribution is 5.48. The Balaban J connectivity index is 1.99. The lowest BCUT2D eigenvalue weighted by atomic mass is 10.1. The van der Waals surface area contributed by atoms with Crippen molar-refractivity contribution in [3.8, 4) is 5.88 Å². The van der Waals surface area contributed by atoms with Gasteiger partial charge in [0.15, 0.2) is 0 Å². The number of rotatable bonds is 7. The summed E-state index contributed by atoms with van der Waals surface area (Å²) in [5.41, 5.74) is 0.997. The zero-order valence-corrected chi connectivity index (χ0v) is 13.8. The van der Waals surface area contributed by atoms with Gasteiger partial charge in [0.05, 0.1) is 12.2 Å². The van der Waals surface area contributed by atoms with E-state index in [2.05, 4.69) is 34.2 Å². The van der Waals surface area contributed by atoms with Crippen molar-refractivity contribution < 1.29 is 4.74 Å². The Morgan fingerprint density at radius 1 is 1.38 bits per heavy atom. The van der Waals surface area contributed by atoms with Crippen molar-refractivity contribution >= 4 is 5.82 Å². The van der Waals surface area contributed by atoms with Crippen LogP contribution < -0.4 is 10.1 Å². The first-order valence-electron chi connectivity index (χ1n) is 8.04. The zero-order chi connectivity index (χ0) is 15.2. The molecule has 1 fully saturated rings.